The van der Waals surface area contributed by atoms with Crippen molar-refractivity contribution >= 4 is 0 Å². The molecule has 0 fully saturated rings. The van der Waals surface area contributed by atoms with Crippen molar-refractivity contribution < 1.29 is 10.2 Å². The first-order valence-electron chi connectivity index (χ1n) is 3.75. The van der Waals surface area contributed by atoms with Gasteiger partial charge in [0.1, 0.15) is 0 Å². The summed E-state index contributed by atoms with van der Waals surface area (Å²) >= 11 is 0. The lowest BCUT2D eigenvalue weighted by molar-refractivity contribution is 0.135. The van der Waals surface area contributed by atoms with Crippen LogP contribution < -0.4 is 0 Å². The summed E-state index contributed by atoms with van der Waals surface area (Å²) < 4.78 is 0. The standard InChI is InChI=1S/C8H16O2/c1-2-3-4-5-8(10)6-7-9/h3-4,8-10H,2,5-7H2,1H3. The molecule has 0 spiro atoms. The molecule has 0 saturated carbocycles. The van der Waals surface area contributed by atoms with Gasteiger partial charge in [-0.1, -0.05) is 19.1 Å². The first kappa shape index (κ1) is 9.66. The molecule has 0 aromatic rings. The average Bonchev–Trinajstić information content (AvgIpc) is 1.89. The molecule has 2 heteroatoms. The molecule has 0 amide bonds. The molecule has 60 valence electrons. The van der Waals surface area contributed by atoms with Gasteiger partial charge in [-0.3, -0.25) is 0 Å². The second-order valence-corrected chi connectivity index (χ2v) is 2.28. The Morgan fingerprint density at radius 3 is 2.60 bits per heavy atom. The number of aliphatic hydroxyl groups excluding tert-OH is 2. The summed E-state index contributed by atoms with van der Waals surface area (Å²) in [6.45, 7) is 2.12. The minimum atomic E-state index is -0.368. The highest BCUT2D eigenvalue weighted by Gasteiger charge is 1.97. The first-order valence-corrected chi connectivity index (χ1v) is 3.75. The Morgan fingerprint density at radius 2 is 2.10 bits per heavy atom. The molecular weight excluding hydrogens is 128 g/mol. The fourth-order valence-electron chi connectivity index (χ4n) is 0.687. The molecule has 0 radical (unpaired) electrons. The normalized spacial score (nSPS) is 14.3. The van der Waals surface area contributed by atoms with Crippen LogP contribution in [0.15, 0.2) is 12.2 Å². The van der Waals surface area contributed by atoms with E-state index in [2.05, 4.69) is 6.92 Å². The van der Waals surface area contributed by atoms with E-state index in [9.17, 15) is 0 Å². The van der Waals surface area contributed by atoms with E-state index in [1.54, 1.807) is 0 Å². The van der Waals surface area contributed by atoms with Gasteiger partial charge in [-0.2, -0.15) is 0 Å². The van der Waals surface area contributed by atoms with E-state index in [4.69, 9.17) is 10.2 Å². The van der Waals surface area contributed by atoms with Gasteiger partial charge in [0.05, 0.1) is 6.10 Å². The Bertz CT molecular complexity index is 89.3. The maximum Gasteiger partial charge on any atom is 0.0596 e. The quantitative estimate of drug-likeness (QED) is 0.567. The molecule has 1 unspecified atom stereocenters. The highest BCUT2D eigenvalue weighted by Crippen LogP contribution is 1.97. The molecule has 0 aliphatic rings. The molecule has 0 aromatic carbocycles. The summed E-state index contributed by atoms with van der Waals surface area (Å²) in [6, 6.07) is 0. The van der Waals surface area contributed by atoms with Crippen molar-refractivity contribution in [2.24, 2.45) is 0 Å². The van der Waals surface area contributed by atoms with Gasteiger partial charge in [-0.15, -0.1) is 0 Å². The van der Waals surface area contributed by atoms with Crippen LogP contribution in [0.3, 0.4) is 0 Å². The van der Waals surface area contributed by atoms with Crippen LogP contribution in [0.5, 0.6) is 0 Å². The van der Waals surface area contributed by atoms with Crippen LogP contribution in [0.1, 0.15) is 26.2 Å². The molecule has 1 atom stereocenters. The van der Waals surface area contributed by atoms with Gasteiger partial charge < -0.3 is 10.2 Å². The van der Waals surface area contributed by atoms with Crippen LogP contribution in [-0.4, -0.2) is 22.9 Å². The highest BCUT2D eigenvalue weighted by molar-refractivity contribution is 4.82. The molecule has 0 rings (SSSR count). The van der Waals surface area contributed by atoms with Gasteiger partial charge in [-0.05, 0) is 19.3 Å². The fourth-order valence-corrected chi connectivity index (χ4v) is 0.687. The van der Waals surface area contributed by atoms with Crippen molar-refractivity contribution in [1.82, 2.24) is 0 Å². The summed E-state index contributed by atoms with van der Waals surface area (Å²) in [4.78, 5) is 0. The molecule has 0 aliphatic heterocycles. The summed E-state index contributed by atoms with van der Waals surface area (Å²) in [5, 5.41) is 17.5. The van der Waals surface area contributed by atoms with Crippen LogP contribution in [0.2, 0.25) is 0 Å². The van der Waals surface area contributed by atoms with E-state index in [1.165, 1.54) is 0 Å². The van der Waals surface area contributed by atoms with Gasteiger partial charge in [0.25, 0.3) is 0 Å². The Labute approximate surface area is 62.2 Å². The van der Waals surface area contributed by atoms with Crippen LogP contribution in [0, 0.1) is 0 Å². The molecule has 2 N–H and O–H groups in total. The average molecular weight is 144 g/mol. The van der Waals surface area contributed by atoms with E-state index in [1.807, 2.05) is 12.2 Å². The molecule has 0 aromatic heterocycles. The van der Waals surface area contributed by atoms with E-state index in [0.29, 0.717) is 12.8 Å². The van der Waals surface area contributed by atoms with Gasteiger partial charge in [0.15, 0.2) is 0 Å². The second kappa shape index (κ2) is 6.78. The third kappa shape index (κ3) is 5.79. The summed E-state index contributed by atoms with van der Waals surface area (Å²) in [7, 11) is 0. The number of hydrogen-bond acceptors (Lipinski definition) is 2. The molecule has 2 nitrogen and oxygen atoms in total. The second-order valence-electron chi connectivity index (χ2n) is 2.28. The number of aliphatic hydroxyl groups is 2. The predicted molar refractivity (Wildman–Crippen MR) is 41.8 cm³/mol. The Kier molecular flexibility index (Phi) is 6.55. The highest BCUT2D eigenvalue weighted by atomic mass is 16.3. The molecule has 0 aliphatic carbocycles. The lowest BCUT2D eigenvalue weighted by Crippen LogP contribution is -2.06. The monoisotopic (exact) mass is 144 g/mol. The Balaban J connectivity index is 3.20. The number of rotatable bonds is 5. The van der Waals surface area contributed by atoms with Crippen molar-refractivity contribution in [3.63, 3.8) is 0 Å². The van der Waals surface area contributed by atoms with Crippen LogP contribution >= 0.6 is 0 Å². The third-order valence-electron chi connectivity index (χ3n) is 1.27. The number of allylic oxidation sites excluding steroid dienone is 1. The minimum absolute atomic E-state index is 0.0706. The van der Waals surface area contributed by atoms with Crippen molar-refractivity contribution in [3.8, 4) is 0 Å². The van der Waals surface area contributed by atoms with Crippen molar-refractivity contribution in [1.29, 1.82) is 0 Å². The number of hydrogen-bond donors (Lipinski definition) is 2. The topological polar surface area (TPSA) is 40.5 Å². The lowest BCUT2D eigenvalue weighted by atomic mass is 10.2. The van der Waals surface area contributed by atoms with Crippen molar-refractivity contribution in [3.05, 3.63) is 12.2 Å². The van der Waals surface area contributed by atoms with Crippen molar-refractivity contribution in [2.45, 2.75) is 32.3 Å². The van der Waals surface area contributed by atoms with Gasteiger partial charge in [0, 0.05) is 6.61 Å². The Morgan fingerprint density at radius 1 is 1.40 bits per heavy atom. The van der Waals surface area contributed by atoms with E-state index >= 15 is 0 Å². The summed E-state index contributed by atoms with van der Waals surface area (Å²) in [5.41, 5.74) is 0. The van der Waals surface area contributed by atoms with Crippen LogP contribution in [-0.2, 0) is 0 Å². The zero-order valence-corrected chi connectivity index (χ0v) is 6.45. The summed E-state index contributed by atoms with van der Waals surface area (Å²) in [5.74, 6) is 0. The maximum absolute atomic E-state index is 9.06. The third-order valence-corrected chi connectivity index (χ3v) is 1.27. The maximum atomic E-state index is 9.06. The zero-order valence-electron chi connectivity index (χ0n) is 6.45. The van der Waals surface area contributed by atoms with Crippen LogP contribution in [0.4, 0.5) is 0 Å². The van der Waals surface area contributed by atoms with Crippen molar-refractivity contribution in [2.75, 3.05) is 6.61 Å². The molecule has 0 bridgehead atoms. The van der Waals surface area contributed by atoms with E-state index < -0.39 is 0 Å². The SMILES string of the molecule is CCC=CCC(O)CCO. The Hall–Kier alpha value is -0.340. The molecule has 0 saturated heterocycles. The largest absolute Gasteiger partial charge is 0.396 e. The zero-order chi connectivity index (χ0) is 7.82. The lowest BCUT2D eigenvalue weighted by Gasteiger charge is -2.03. The fraction of sp³-hybridized carbons (Fsp3) is 0.750. The van der Waals surface area contributed by atoms with E-state index in [-0.39, 0.29) is 12.7 Å². The molecule has 0 heterocycles. The van der Waals surface area contributed by atoms with Crippen LogP contribution in [0.25, 0.3) is 0 Å². The smallest absolute Gasteiger partial charge is 0.0596 e. The minimum Gasteiger partial charge on any atom is -0.396 e. The van der Waals surface area contributed by atoms with Gasteiger partial charge in [0.2, 0.25) is 0 Å². The first-order chi connectivity index (χ1) is 4.81. The molecular formula is C8H16O2. The predicted octanol–water partition coefficient (Wildman–Crippen LogP) is 1.09. The van der Waals surface area contributed by atoms with Gasteiger partial charge >= 0.3 is 0 Å². The summed E-state index contributed by atoms with van der Waals surface area (Å²) in [6.07, 6.45) is 5.74. The van der Waals surface area contributed by atoms with Gasteiger partial charge in [-0.25, -0.2) is 0 Å². The molecule has 10 heavy (non-hydrogen) atoms. The van der Waals surface area contributed by atoms with E-state index in [0.717, 1.165) is 6.42 Å².